The number of carbonyl (C=O) groups is 1. The Hall–Kier alpha value is -2.80. The number of carboxylic acids is 1. The van der Waals surface area contributed by atoms with Crippen LogP contribution in [0.4, 0.5) is 15.8 Å². The molecule has 1 N–H and O–H groups in total. The molecule has 1 aliphatic heterocycles. The molecule has 0 unspecified atom stereocenters. The fourth-order valence-electron chi connectivity index (χ4n) is 3.37. The van der Waals surface area contributed by atoms with Crippen LogP contribution in [0.25, 0.3) is 0 Å². The summed E-state index contributed by atoms with van der Waals surface area (Å²) in [6.07, 6.45) is 0.270. The van der Waals surface area contributed by atoms with Crippen molar-refractivity contribution < 1.29 is 23.8 Å². The molecule has 0 fully saturated rings. The summed E-state index contributed by atoms with van der Waals surface area (Å²) >= 11 is 0. The Bertz CT molecular complexity index is 813. The Kier molecular flexibility index (Phi) is 7.30. The summed E-state index contributed by atoms with van der Waals surface area (Å²) in [6.45, 7) is 5.06. The number of fused-ring (bicyclic) bond motifs is 1. The summed E-state index contributed by atoms with van der Waals surface area (Å²) in [5.74, 6) is -0.883. The summed E-state index contributed by atoms with van der Waals surface area (Å²) in [4.78, 5) is 13.3. The van der Waals surface area contributed by atoms with Crippen LogP contribution in [0, 0.1) is 5.82 Å². The van der Waals surface area contributed by atoms with E-state index < -0.39 is 12.1 Å². The van der Waals surface area contributed by atoms with E-state index in [4.69, 9.17) is 9.47 Å². The molecule has 0 aliphatic carbocycles. The molecule has 1 atom stereocenters. The van der Waals surface area contributed by atoms with Crippen LogP contribution in [0.5, 0.6) is 5.75 Å². The van der Waals surface area contributed by atoms with Crippen molar-refractivity contribution in [3.05, 3.63) is 53.8 Å². The van der Waals surface area contributed by atoms with Crippen LogP contribution in [0.1, 0.15) is 18.9 Å². The minimum Gasteiger partial charge on any atom is -0.547 e. The van der Waals surface area contributed by atoms with Gasteiger partial charge >= 0.3 is 0 Å². The summed E-state index contributed by atoms with van der Waals surface area (Å²) in [7, 11) is 0. The number of hydrogen-bond acceptors (Lipinski definition) is 6. The van der Waals surface area contributed by atoms with E-state index in [1.165, 1.54) is 12.1 Å². The van der Waals surface area contributed by atoms with Crippen molar-refractivity contribution in [2.24, 2.45) is 0 Å². The lowest BCUT2D eigenvalue weighted by atomic mass is 10.1. The van der Waals surface area contributed by atoms with Crippen molar-refractivity contribution in [1.82, 2.24) is 0 Å². The molecule has 29 heavy (non-hydrogen) atoms. The van der Waals surface area contributed by atoms with E-state index in [0.717, 1.165) is 43.0 Å². The zero-order valence-electron chi connectivity index (χ0n) is 16.5. The second-order valence-electron chi connectivity index (χ2n) is 6.89. The molecule has 6 nitrogen and oxygen atoms in total. The topological polar surface area (TPSA) is 73.9 Å². The Morgan fingerprint density at radius 1 is 1.31 bits per heavy atom. The van der Waals surface area contributed by atoms with Crippen molar-refractivity contribution in [3.8, 4) is 5.75 Å². The maximum atomic E-state index is 13.3. The maximum Gasteiger partial charge on any atom is 0.145 e. The lowest BCUT2D eigenvalue weighted by Crippen LogP contribution is -2.39. The van der Waals surface area contributed by atoms with Crippen LogP contribution in [0.2, 0.25) is 0 Å². The van der Waals surface area contributed by atoms with Gasteiger partial charge in [0.1, 0.15) is 24.3 Å². The first-order chi connectivity index (χ1) is 14.1. The molecule has 3 rings (SSSR count). The predicted octanol–water partition coefficient (Wildman–Crippen LogP) is 2.22. The summed E-state index contributed by atoms with van der Waals surface area (Å²) < 4.78 is 24.1. The number of carboxylic acid groups (broad SMARTS) is 1. The number of rotatable bonds is 10. The van der Waals surface area contributed by atoms with E-state index in [0.29, 0.717) is 19.0 Å². The number of nitrogens with one attached hydrogen (secondary N) is 1. The summed E-state index contributed by atoms with van der Waals surface area (Å²) in [6, 6.07) is 12.3. The predicted molar refractivity (Wildman–Crippen MR) is 108 cm³/mol. The first-order valence-corrected chi connectivity index (χ1v) is 9.89. The van der Waals surface area contributed by atoms with Crippen molar-refractivity contribution in [2.45, 2.75) is 25.9 Å². The molecular formula is C22H26FN2O4-. The molecule has 0 bridgehead atoms. The lowest BCUT2D eigenvalue weighted by molar-refractivity contribution is -0.316. The molecule has 0 radical (unpaired) electrons. The average Bonchev–Trinajstić information content (AvgIpc) is 2.71. The molecule has 7 heteroatoms. The van der Waals surface area contributed by atoms with Crippen LogP contribution in [0.15, 0.2) is 42.5 Å². The Morgan fingerprint density at radius 2 is 2.10 bits per heavy atom. The van der Waals surface area contributed by atoms with Crippen LogP contribution < -0.4 is 20.1 Å². The smallest absolute Gasteiger partial charge is 0.145 e. The number of hydrogen-bond donors (Lipinski definition) is 1. The fraction of sp³-hybridized carbons (Fsp3) is 0.409. The molecule has 2 aromatic carbocycles. The third-order valence-corrected chi connectivity index (χ3v) is 4.82. The van der Waals surface area contributed by atoms with E-state index in [9.17, 15) is 14.3 Å². The van der Waals surface area contributed by atoms with Gasteiger partial charge in [0, 0.05) is 37.9 Å². The molecule has 0 aromatic heterocycles. The van der Waals surface area contributed by atoms with Crippen LogP contribution >= 0.6 is 0 Å². The van der Waals surface area contributed by atoms with Gasteiger partial charge in [-0.1, -0.05) is 12.1 Å². The van der Waals surface area contributed by atoms with Crippen LogP contribution in [-0.2, 0) is 16.0 Å². The zero-order valence-corrected chi connectivity index (χ0v) is 16.5. The number of benzene rings is 2. The molecule has 1 heterocycles. The maximum absolute atomic E-state index is 13.3. The van der Waals surface area contributed by atoms with Gasteiger partial charge in [0.25, 0.3) is 0 Å². The number of halogens is 1. The van der Waals surface area contributed by atoms with Crippen LogP contribution in [-0.4, -0.2) is 44.9 Å². The highest BCUT2D eigenvalue weighted by atomic mass is 19.1. The normalized spacial score (nSPS) is 14.1. The van der Waals surface area contributed by atoms with E-state index >= 15 is 0 Å². The van der Waals surface area contributed by atoms with Gasteiger partial charge in [0.05, 0.1) is 18.2 Å². The molecule has 2 aromatic rings. The second-order valence-corrected chi connectivity index (χ2v) is 6.89. The zero-order chi connectivity index (χ0) is 20.6. The minimum absolute atomic E-state index is 0.285. The molecule has 0 amide bonds. The van der Waals surface area contributed by atoms with Crippen molar-refractivity contribution >= 4 is 17.3 Å². The van der Waals surface area contributed by atoms with Gasteiger partial charge in [0.2, 0.25) is 0 Å². The van der Waals surface area contributed by atoms with Gasteiger partial charge in [-0.2, -0.15) is 0 Å². The highest BCUT2D eigenvalue weighted by Crippen LogP contribution is 2.32. The van der Waals surface area contributed by atoms with Crippen molar-refractivity contribution in [1.29, 1.82) is 0 Å². The number of carbonyl (C=O) groups excluding carboxylic acids is 1. The largest absolute Gasteiger partial charge is 0.547 e. The standard InChI is InChI=1S/C22H27FN2O4/c1-2-28-21(22(26)27)14-16-4-7-18(8-5-16)24-10-3-11-25-12-13-29-20-15-17(23)6-9-19(20)25/h4-9,15,21,24H,2-3,10-14H2,1H3,(H,26,27)/p-1/t21-/m0/s1. The SMILES string of the molecule is CCO[C@@H](Cc1ccc(NCCCN2CCOc3cc(F)ccc32)cc1)C(=O)[O-]. The van der Waals surface area contributed by atoms with E-state index in [2.05, 4.69) is 10.2 Å². The third kappa shape index (κ3) is 5.84. The van der Waals surface area contributed by atoms with Crippen molar-refractivity contribution in [2.75, 3.05) is 43.1 Å². The second kappa shape index (κ2) is 10.1. The Balaban J connectivity index is 1.45. The van der Waals surface area contributed by atoms with E-state index in [1.807, 2.05) is 24.3 Å². The van der Waals surface area contributed by atoms with Gasteiger partial charge in [-0.3, -0.25) is 0 Å². The third-order valence-electron chi connectivity index (χ3n) is 4.82. The van der Waals surface area contributed by atoms with E-state index in [1.54, 1.807) is 13.0 Å². The van der Waals surface area contributed by atoms with Crippen LogP contribution in [0.3, 0.4) is 0 Å². The van der Waals surface area contributed by atoms with E-state index in [-0.39, 0.29) is 12.2 Å². The number of ether oxygens (including phenoxy) is 2. The Morgan fingerprint density at radius 3 is 2.83 bits per heavy atom. The number of anilines is 2. The highest BCUT2D eigenvalue weighted by molar-refractivity contribution is 5.70. The van der Waals surface area contributed by atoms with Gasteiger partial charge in [-0.15, -0.1) is 0 Å². The molecule has 1 aliphatic rings. The molecule has 0 saturated heterocycles. The highest BCUT2D eigenvalue weighted by Gasteiger charge is 2.18. The number of aliphatic carboxylic acids is 1. The summed E-state index contributed by atoms with van der Waals surface area (Å²) in [5, 5.41) is 14.4. The minimum atomic E-state index is -1.19. The van der Waals surface area contributed by atoms with Gasteiger partial charge in [-0.05, 0) is 43.2 Å². The molecular weight excluding hydrogens is 375 g/mol. The van der Waals surface area contributed by atoms with Gasteiger partial charge in [-0.25, -0.2) is 4.39 Å². The molecule has 156 valence electrons. The lowest BCUT2D eigenvalue weighted by Gasteiger charge is -2.31. The van der Waals surface area contributed by atoms with Gasteiger partial charge in [0.15, 0.2) is 0 Å². The monoisotopic (exact) mass is 401 g/mol. The Labute approximate surface area is 170 Å². The first-order valence-electron chi connectivity index (χ1n) is 9.89. The summed E-state index contributed by atoms with van der Waals surface area (Å²) in [5.41, 5.74) is 2.79. The molecule has 0 spiro atoms. The first kappa shape index (κ1) is 20.9. The fourth-order valence-corrected chi connectivity index (χ4v) is 3.37. The number of nitrogens with zero attached hydrogens (tertiary/aromatic N) is 1. The molecule has 0 saturated carbocycles. The van der Waals surface area contributed by atoms with Crippen molar-refractivity contribution in [3.63, 3.8) is 0 Å². The van der Waals surface area contributed by atoms with Gasteiger partial charge < -0.3 is 29.6 Å². The average molecular weight is 401 g/mol. The quantitative estimate of drug-likeness (QED) is 0.616.